The van der Waals surface area contributed by atoms with E-state index in [1.165, 1.54) is 6.20 Å². The van der Waals surface area contributed by atoms with Crippen LogP contribution in [-0.4, -0.2) is 90.3 Å². The number of piperazine rings is 1. The van der Waals surface area contributed by atoms with Crippen LogP contribution in [0.25, 0.3) is 10.9 Å². The SMILES string of the molecule is CC(C)Oc1cc(OCCN2CCN(CCO)CC2)cc2nccc(Nc3c(Cl)cnc4c3OCO4)c12. The van der Waals surface area contributed by atoms with Crippen LogP contribution in [0.5, 0.6) is 23.1 Å². The Kier molecular flexibility index (Phi) is 7.99. The smallest absolute Gasteiger partial charge is 0.262 e. The highest BCUT2D eigenvalue weighted by Crippen LogP contribution is 2.45. The lowest BCUT2D eigenvalue weighted by Crippen LogP contribution is -2.48. The van der Waals surface area contributed by atoms with Crippen molar-refractivity contribution in [3.63, 3.8) is 0 Å². The number of benzene rings is 1. The number of aromatic nitrogens is 2. The summed E-state index contributed by atoms with van der Waals surface area (Å²) in [6, 6.07) is 5.70. The van der Waals surface area contributed by atoms with Gasteiger partial charge in [-0.2, -0.15) is 0 Å². The average Bonchev–Trinajstić information content (AvgIpc) is 3.36. The van der Waals surface area contributed by atoms with Gasteiger partial charge in [-0.3, -0.25) is 14.8 Å². The number of nitrogens with one attached hydrogen (secondary N) is 1. The predicted octanol–water partition coefficient (Wildman–Crippen LogP) is 3.53. The Bertz CT molecular complexity index is 1240. The fourth-order valence-electron chi connectivity index (χ4n) is 4.51. The van der Waals surface area contributed by atoms with E-state index < -0.39 is 0 Å². The molecule has 1 aromatic carbocycles. The van der Waals surface area contributed by atoms with Crippen LogP contribution < -0.4 is 24.3 Å². The monoisotopic (exact) mass is 529 g/mol. The van der Waals surface area contributed by atoms with Gasteiger partial charge in [0.2, 0.25) is 12.5 Å². The summed E-state index contributed by atoms with van der Waals surface area (Å²) in [6.07, 6.45) is 3.21. The number of pyridine rings is 2. The van der Waals surface area contributed by atoms with Gasteiger partial charge in [-0.15, -0.1) is 0 Å². The average molecular weight is 530 g/mol. The van der Waals surface area contributed by atoms with Gasteiger partial charge in [0.05, 0.1) is 40.5 Å². The highest BCUT2D eigenvalue weighted by atomic mass is 35.5. The van der Waals surface area contributed by atoms with Gasteiger partial charge in [-0.25, -0.2) is 4.98 Å². The molecule has 2 aliphatic rings. The number of ether oxygens (including phenoxy) is 4. The fourth-order valence-corrected chi connectivity index (χ4v) is 4.70. The summed E-state index contributed by atoms with van der Waals surface area (Å²) in [5.74, 6) is 2.23. The van der Waals surface area contributed by atoms with E-state index in [1.54, 1.807) is 6.20 Å². The molecule has 0 bridgehead atoms. The number of nitrogens with zero attached hydrogens (tertiary/aromatic N) is 4. The normalized spacial score (nSPS) is 15.9. The first-order valence-corrected chi connectivity index (χ1v) is 12.9. The van der Waals surface area contributed by atoms with Gasteiger partial charge < -0.3 is 29.4 Å². The van der Waals surface area contributed by atoms with Crippen molar-refractivity contribution in [2.24, 2.45) is 0 Å². The first kappa shape index (κ1) is 25.6. The van der Waals surface area contributed by atoms with Crippen molar-refractivity contribution in [3.05, 3.63) is 35.6 Å². The standard InChI is InChI=1S/C26H32ClN5O5/c1-17(2)37-22-14-18(34-12-10-32-7-5-31(6-8-32)9-11-33)13-21-23(22)20(3-4-28-21)30-24-19(27)15-29-26-25(24)35-16-36-26/h3-4,13-15,17,33H,5-12,16H2,1-2H3,(H,28,29,30). The molecule has 2 N–H and O–H groups in total. The molecule has 1 saturated heterocycles. The van der Waals surface area contributed by atoms with Crippen LogP contribution >= 0.6 is 11.6 Å². The van der Waals surface area contributed by atoms with Crippen molar-refractivity contribution < 1.29 is 24.1 Å². The number of aliphatic hydroxyl groups is 1. The zero-order chi connectivity index (χ0) is 25.8. The van der Waals surface area contributed by atoms with Crippen molar-refractivity contribution in [3.8, 4) is 23.1 Å². The Morgan fingerprint density at radius 1 is 1.11 bits per heavy atom. The largest absolute Gasteiger partial charge is 0.492 e. The van der Waals surface area contributed by atoms with Gasteiger partial charge in [-0.1, -0.05) is 11.6 Å². The van der Waals surface area contributed by atoms with Crippen molar-refractivity contribution in [1.82, 2.24) is 19.8 Å². The van der Waals surface area contributed by atoms with Crippen molar-refractivity contribution >= 4 is 33.9 Å². The van der Waals surface area contributed by atoms with Crippen LogP contribution in [0.2, 0.25) is 5.02 Å². The molecule has 10 nitrogen and oxygen atoms in total. The summed E-state index contributed by atoms with van der Waals surface area (Å²) in [5.41, 5.74) is 2.07. The molecule has 3 aromatic rings. The van der Waals surface area contributed by atoms with Crippen molar-refractivity contribution in [2.45, 2.75) is 20.0 Å². The summed E-state index contributed by atoms with van der Waals surface area (Å²) in [5, 5.41) is 13.7. The number of β-amino-alcohol motifs (C(OH)–C–C–N with tert-alkyl or cyclic N) is 1. The van der Waals surface area contributed by atoms with Crippen LogP contribution in [-0.2, 0) is 0 Å². The molecule has 0 saturated carbocycles. The van der Waals surface area contributed by atoms with E-state index >= 15 is 0 Å². The van der Waals surface area contributed by atoms with Crippen LogP contribution in [0.3, 0.4) is 0 Å². The van der Waals surface area contributed by atoms with E-state index in [4.69, 9.17) is 35.7 Å². The third kappa shape index (κ3) is 5.93. The molecular formula is C26H32ClN5O5. The van der Waals surface area contributed by atoms with Gasteiger partial charge in [-0.05, 0) is 19.9 Å². The second kappa shape index (κ2) is 11.6. The number of aliphatic hydroxyl groups excluding tert-OH is 1. The molecule has 1 fully saturated rings. The summed E-state index contributed by atoms with van der Waals surface area (Å²) >= 11 is 6.46. The molecule has 2 aliphatic heterocycles. The molecule has 0 atom stereocenters. The van der Waals surface area contributed by atoms with Crippen LogP contribution in [0.1, 0.15) is 13.8 Å². The maximum atomic E-state index is 9.13. The first-order chi connectivity index (χ1) is 18.0. The summed E-state index contributed by atoms with van der Waals surface area (Å²) in [7, 11) is 0. The van der Waals surface area contributed by atoms with Crippen molar-refractivity contribution in [2.75, 3.05) is 64.6 Å². The minimum Gasteiger partial charge on any atom is -0.492 e. The second-order valence-corrected chi connectivity index (χ2v) is 9.65. The molecule has 0 radical (unpaired) electrons. The van der Waals surface area contributed by atoms with E-state index in [1.807, 2.05) is 32.0 Å². The zero-order valence-corrected chi connectivity index (χ0v) is 21.8. The van der Waals surface area contributed by atoms with Gasteiger partial charge in [0.25, 0.3) is 5.88 Å². The van der Waals surface area contributed by atoms with Gasteiger partial charge >= 0.3 is 0 Å². The molecule has 0 aliphatic carbocycles. The highest BCUT2D eigenvalue weighted by molar-refractivity contribution is 6.33. The number of anilines is 2. The Morgan fingerprint density at radius 2 is 1.89 bits per heavy atom. The topological polar surface area (TPSA) is 101 Å². The van der Waals surface area contributed by atoms with Crippen LogP contribution in [0.15, 0.2) is 30.6 Å². The fraction of sp³-hybridized carbons (Fsp3) is 0.462. The molecule has 5 rings (SSSR count). The highest BCUT2D eigenvalue weighted by Gasteiger charge is 2.24. The maximum absolute atomic E-state index is 9.13. The zero-order valence-electron chi connectivity index (χ0n) is 21.1. The van der Waals surface area contributed by atoms with E-state index in [2.05, 4.69) is 25.1 Å². The second-order valence-electron chi connectivity index (χ2n) is 9.24. The summed E-state index contributed by atoms with van der Waals surface area (Å²) in [4.78, 5) is 13.4. The molecule has 11 heteroatoms. The molecule has 37 heavy (non-hydrogen) atoms. The minimum atomic E-state index is -0.0489. The molecule has 0 unspecified atom stereocenters. The molecular weight excluding hydrogens is 498 g/mol. The molecule has 0 spiro atoms. The summed E-state index contributed by atoms with van der Waals surface area (Å²) < 4.78 is 23.4. The molecule has 4 heterocycles. The number of fused-ring (bicyclic) bond motifs is 2. The van der Waals surface area contributed by atoms with Gasteiger partial charge in [0.15, 0.2) is 0 Å². The summed E-state index contributed by atoms with van der Waals surface area (Å²) in [6.45, 7) is 10.2. The minimum absolute atomic E-state index is 0.0489. The van der Waals surface area contributed by atoms with E-state index in [0.717, 1.165) is 55.9 Å². The molecule has 198 valence electrons. The van der Waals surface area contributed by atoms with E-state index in [9.17, 15) is 0 Å². The van der Waals surface area contributed by atoms with E-state index in [0.29, 0.717) is 40.4 Å². The first-order valence-electron chi connectivity index (χ1n) is 12.5. The third-order valence-corrected chi connectivity index (χ3v) is 6.60. The Hall–Kier alpha value is -3.05. The van der Waals surface area contributed by atoms with Crippen LogP contribution in [0, 0.1) is 0 Å². The molecule has 2 aromatic heterocycles. The van der Waals surface area contributed by atoms with Gasteiger partial charge in [0, 0.05) is 57.6 Å². The molecule has 0 amide bonds. The van der Waals surface area contributed by atoms with Crippen molar-refractivity contribution in [1.29, 1.82) is 0 Å². The number of hydrogen-bond acceptors (Lipinski definition) is 10. The number of halogens is 1. The van der Waals surface area contributed by atoms with Crippen LogP contribution in [0.4, 0.5) is 11.4 Å². The lowest BCUT2D eigenvalue weighted by Gasteiger charge is -2.34. The third-order valence-electron chi connectivity index (χ3n) is 6.31. The Labute approximate surface area is 221 Å². The number of rotatable bonds is 10. The predicted molar refractivity (Wildman–Crippen MR) is 142 cm³/mol. The quantitative estimate of drug-likeness (QED) is 0.405. The lowest BCUT2D eigenvalue weighted by atomic mass is 10.1. The Morgan fingerprint density at radius 3 is 2.65 bits per heavy atom. The Balaban J connectivity index is 1.36. The van der Waals surface area contributed by atoms with Gasteiger partial charge in [0.1, 0.15) is 23.8 Å². The maximum Gasteiger partial charge on any atom is 0.262 e. The van der Waals surface area contributed by atoms with E-state index in [-0.39, 0.29) is 19.5 Å². The lowest BCUT2D eigenvalue weighted by molar-refractivity contribution is 0.102. The number of hydrogen-bond donors (Lipinski definition) is 2.